The molecule has 1 unspecified atom stereocenters. The maximum absolute atomic E-state index is 11.1. The Balaban J connectivity index is 3.74. The average Bonchev–Trinajstić information content (AvgIpc) is 2.25. The molecule has 4 nitrogen and oxygen atoms in total. The fourth-order valence-electron chi connectivity index (χ4n) is 1.11. The monoisotopic (exact) mass is 230 g/mol. The van der Waals surface area contributed by atoms with Crippen molar-refractivity contribution >= 4 is 5.97 Å². The van der Waals surface area contributed by atoms with Crippen molar-refractivity contribution in [1.29, 1.82) is 0 Å². The number of hydrogen-bond donors (Lipinski definition) is 0. The molecule has 0 heterocycles. The van der Waals surface area contributed by atoms with E-state index in [2.05, 4.69) is 6.58 Å². The summed E-state index contributed by atoms with van der Waals surface area (Å²) in [5.41, 5.74) is 0.415. The smallest absolute Gasteiger partial charge is 0.333 e. The van der Waals surface area contributed by atoms with Gasteiger partial charge in [0.2, 0.25) is 0 Å². The molecule has 0 bridgehead atoms. The van der Waals surface area contributed by atoms with Gasteiger partial charge in [0.1, 0.15) is 0 Å². The summed E-state index contributed by atoms with van der Waals surface area (Å²) in [5, 5.41) is 0. The van der Waals surface area contributed by atoms with E-state index in [9.17, 15) is 4.79 Å². The number of rotatable bonds is 9. The van der Waals surface area contributed by atoms with Crippen molar-refractivity contribution in [1.82, 2.24) is 0 Å². The molecule has 0 saturated heterocycles. The van der Waals surface area contributed by atoms with Crippen LogP contribution in [0, 0.1) is 0 Å². The van der Waals surface area contributed by atoms with E-state index < -0.39 is 0 Å². The van der Waals surface area contributed by atoms with Crippen molar-refractivity contribution in [3.8, 4) is 0 Å². The molecule has 0 N–H and O–H groups in total. The maximum atomic E-state index is 11.1. The van der Waals surface area contributed by atoms with Gasteiger partial charge in [-0.1, -0.05) is 6.58 Å². The van der Waals surface area contributed by atoms with Gasteiger partial charge < -0.3 is 14.2 Å². The molecule has 0 aromatic rings. The van der Waals surface area contributed by atoms with Crippen LogP contribution in [0.25, 0.3) is 0 Å². The van der Waals surface area contributed by atoms with Gasteiger partial charge in [0.15, 0.2) is 0 Å². The summed E-state index contributed by atoms with van der Waals surface area (Å²) < 4.78 is 15.7. The van der Waals surface area contributed by atoms with E-state index in [-0.39, 0.29) is 12.1 Å². The molecule has 0 radical (unpaired) electrons. The summed E-state index contributed by atoms with van der Waals surface area (Å²) in [5.74, 6) is -0.355. The zero-order valence-corrected chi connectivity index (χ0v) is 10.5. The van der Waals surface area contributed by atoms with Crippen molar-refractivity contribution < 1.29 is 19.0 Å². The van der Waals surface area contributed by atoms with Gasteiger partial charge in [0.25, 0.3) is 0 Å². The quantitative estimate of drug-likeness (QED) is 0.448. The van der Waals surface area contributed by atoms with Crippen LogP contribution in [0.15, 0.2) is 12.2 Å². The minimum absolute atomic E-state index is 0.0112. The zero-order valence-electron chi connectivity index (χ0n) is 10.5. The van der Waals surface area contributed by atoms with E-state index in [4.69, 9.17) is 14.2 Å². The standard InChI is InChI=1S/C12H22O4/c1-5-14-9-11(15-6-2)7-8-16-12(13)10(3)4/h11H,3,5-9H2,1-2,4H3. The van der Waals surface area contributed by atoms with Crippen LogP contribution in [0.1, 0.15) is 27.2 Å². The largest absolute Gasteiger partial charge is 0.462 e. The highest BCUT2D eigenvalue weighted by atomic mass is 16.5. The van der Waals surface area contributed by atoms with E-state index in [1.54, 1.807) is 6.92 Å². The Bertz CT molecular complexity index is 213. The highest BCUT2D eigenvalue weighted by molar-refractivity contribution is 5.86. The van der Waals surface area contributed by atoms with Gasteiger partial charge in [-0.05, 0) is 20.8 Å². The molecule has 94 valence electrons. The normalized spacial score (nSPS) is 12.2. The van der Waals surface area contributed by atoms with E-state index in [1.807, 2.05) is 13.8 Å². The Kier molecular flexibility index (Phi) is 8.85. The predicted molar refractivity (Wildman–Crippen MR) is 62.3 cm³/mol. The first-order valence-corrected chi connectivity index (χ1v) is 5.63. The summed E-state index contributed by atoms with van der Waals surface area (Å²) in [4.78, 5) is 11.1. The minimum atomic E-state index is -0.355. The Morgan fingerprint density at radius 1 is 1.31 bits per heavy atom. The maximum Gasteiger partial charge on any atom is 0.333 e. The molecule has 1 atom stereocenters. The fourth-order valence-corrected chi connectivity index (χ4v) is 1.11. The van der Waals surface area contributed by atoms with Crippen LogP contribution in [0.5, 0.6) is 0 Å². The highest BCUT2D eigenvalue weighted by Crippen LogP contribution is 2.02. The lowest BCUT2D eigenvalue weighted by atomic mass is 10.3. The summed E-state index contributed by atoms with van der Waals surface area (Å²) in [6, 6.07) is 0. The lowest BCUT2D eigenvalue weighted by molar-refractivity contribution is -0.140. The van der Waals surface area contributed by atoms with Gasteiger partial charge in [0, 0.05) is 25.2 Å². The van der Waals surface area contributed by atoms with E-state index in [0.717, 1.165) is 0 Å². The molecule has 0 fully saturated rings. The Labute approximate surface area is 97.6 Å². The average molecular weight is 230 g/mol. The predicted octanol–water partition coefficient (Wildman–Crippen LogP) is 1.94. The zero-order chi connectivity index (χ0) is 12.4. The van der Waals surface area contributed by atoms with Gasteiger partial charge >= 0.3 is 5.97 Å². The second kappa shape index (κ2) is 9.36. The van der Waals surface area contributed by atoms with Crippen LogP contribution < -0.4 is 0 Å². The first-order chi connectivity index (χ1) is 7.61. The first kappa shape index (κ1) is 15.1. The van der Waals surface area contributed by atoms with Gasteiger partial charge in [-0.25, -0.2) is 4.79 Å². The van der Waals surface area contributed by atoms with Crippen LogP contribution in [-0.4, -0.2) is 38.5 Å². The fraction of sp³-hybridized carbons (Fsp3) is 0.750. The molecule has 0 amide bonds. The number of carbonyl (C=O) groups excluding carboxylic acids is 1. The van der Waals surface area contributed by atoms with Crippen LogP contribution in [-0.2, 0) is 19.0 Å². The molecule has 0 rings (SSSR count). The van der Waals surface area contributed by atoms with Crippen LogP contribution in [0.4, 0.5) is 0 Å². The second-order valence-electron chi connectivity index (χ2n) is 3.44. The van der Waals surface area contributed by atoms with Gasteiger partial charge in [0.05, 0.1) is 19.3 Å². The molecule has 0 aliphatic heterocycles. The molecule has 4 heteroatoms. The molecular weight excluding hydrogens is 208 g/mol. The number of ether oxygens (including phenoxy) is 3. The molecule has 0 aliphatic carbocycles. The SMILES string of the molecule is C=C(C)C(=O)OCCC(COCC)OCC. The van der Waals surface area contributed by atoms with Crippen molar-refractivity contribution in [3.63, 3.8) is 0 Å². The highest BCUT2D eigenvalue weighted by Gasteiger charge is 2.10. The Morgan fingerprint density at radius 2 is 2.00 bits per heavy atom. The number of carbonyl (C=O) groups is 1. The molecule has 0 aromatic heterocycles. The van der Waals surface area contributed by atoms with Gasteiger partial charge in [-0.3, -0.25) is 0 Å². The number of esters is 1. The lowest BCUT2D eigenvalue weighted by Crippen LogP contribution is -2.23. The Hall–Kier alpha value is -0.870. The third-order valence-electron chi connectivity index (χ3n) is 1.93. The topological polar surface area (TPSA) is 44.8 Å². The molecular formula is C12H22O4. The molecule has 0 saturated carbocycles. The number of hydrogen-bond acceptors (Lipinski definition) is 4. The minimum Gasteiger partial charge on any atom is -0.462 e. The van der Waals surface area contributed by atoms with E-state index in [0.29, 0.717) is 38.4 Å². The van der Waals surface area contributed by atoms with Crippen molar-refractivity contribution in [3.05, 3.63) is 12.2 Å². The summed E-state index contributed by atoms with van der Waals surface area (Å²) in [7, 11) is 0. The summed E-state index contributed by atoms with van der Waals surface area (Å²) in [6.45, 7) is 11.2. The van der Waals surface area contributed by atoms with Crippen molar-refractivity contribution in [2.24, 2.45) is 0 Å². The molecule has 0 spiro atoms. The third-order valence-corrected chi connectivity index (χ3v) is 1.93. The van der Waals surface area contributed by atoms with Crippen molar-refractivity contribution in [2.45, 2.75) is 33.3 Å². The van der Waals surface area contributed by atoms with Gasteiger partial charge in [-0.15, -0.1) is 0 Å². The third kappa shape index (κ3) is 7.43. The lowest BCUT2D eigenvalue weighted by Gasteiger charge is -2.16. The van der Waals surface area contributed by atoms with E-state index in [1.165, 1.54) is 0 Å². The molecule has 0 aromatic carbocycles. The van der Waals surface area contributed by atoms with E-state index >= 15 is 0 Å². The van der Waals surface area contributed by atoms with Gasteiger partial charge in [-0.2, -0.15) is 0 Å². The summed E-state index contributed by atoms with van der Waals surface area (Å²) in [6.07, 6.45) is 0.634. The first-order valence-electron chi connectivity index (χ1n) is 5.63. The van der Waals surface area contributed by atoms with Crippen LogP contribution >= 0.6 is 0 Å². The molecule has 16 heavy (non-hydrogen) atoms. The van der Waals surface area contributed by atoms with Crippen LogP contribution in [0.3, 0.4) is 0 Å². The van der Waals surface area contributed by atoms with Crippen molar-refractivity contribution in [2.75, 3.05) is 26.4 Å². The Morgan fingerprint density at radius 3 is 2.50 bits per heavy atom. The second-order valence-corrected chi connectivity index (χ2v) is 3.44. The summed E-state index contributed by atoms with van der Waals surface area (Å²) >= 11 is 0. The molecule has 0 aliphatic rings. The van der Waals surface area contributed by atoms with Crippen LogP contribution in [0.2, 0.25) is 0 Å².